The van der Waals surface area contributed by atoms with E-state index in [4.69, 9.17) is 26.8 Å². The Labute approximate surface area is 123 Å². The molecule has 108 valence electrons. The maximum atomic E-state index is 11.9. The summed E-state index contributed by atoms with van der Waals surface area (Å²) in [6.45, 7) is 1.12. The molecule has 0 aliphatic carbocycles. The molecule has 0 aliphatic rings. The number of carbonyl (C=O) groups excluding carboxylic acids is 1. The van der Waals surface area contributed by atoms with Crippen molar-refractivity contribution in [2.75, 3.05) is 33.1 Å². The predicted octanol–water partition coefficient (Wildman–Crippen LogP) is 2.12. The quantitative estimate of drug-likeness (QED) is 0.623. The number of benzene rings is 1. The van der Waals surface area contributed by atoms with E-state index in [1.807, 2.05) is 0 Å². The van der Waals surface area contributed by atoms with Gasteiger partial charge in [-0.3, -0.25) is 4.79 Å². The Balaban J connectivity index is 0.00000324. The van der Waals surface area contributed by atoms with Crippen molar-refractivity contribution in [1.29, 1.82) is 0 Å². The lowest BCUT2D eigenvalue weighted by atomic mass is 10.1. The van der Waals surface area contributed by atoms with Gasteiger partial charge in [0.15, 0.2) is 0 Å². The largest absolute Gasteiger partial charge is 0.496 e. The maximum Gasteiger partial charge on any atom is 0.255 e. The molecule has 0 atom stereocenters. The highest BCUT2D eigenvalue weighted by Crippen LogP contribution is 2.28. The van der Waals surface area contributed by atoms with Gasteiger partial charge in [-0.2, -0.15) is 0 Å². The molecule has 7 heteroatoms. The summed E-state index contributed by atoms with van der Waals surface area (Å²) in [5.41, 5.74) is 6.39. The number of hydrogen-bond acceptors (Lipinski definition) is 4. The van der Waals surface area contributed by atoms with Crippen LogP contribution in [0.2, 0.25) is 5.02 Å². The summed E-state index contributed by atoms with van der Waals surface area (Å²) in [4.78, 5) is 11.9. The predicted molar refractivity (Wildman–Crippen MR) is 78.5 cm³/mol. The summed E-state index contributed by atoms with van der Waals surface area (Å²) in [6.07, 6.45) is 0.743. The third-order valence-corrected chi connectivity index (χ3v) is 2.70. The molecule has 1 amide bonds. The van der Waals surface area contributed by atoms with Crippen molar-refractivity contribution in [3.05, 3.63) is 22.7 Å². The standard InChI is InChI=1S/C12H17ClN2O3.ClH/c1-17-5-3-4-15-12(16)8-6-9(13)10(14)7-11(8)18-2;/h6-7H,3-5,14H2,1-2H3,(H,15,16);1H. The minimum Gasteiger partial charge on any atom is -0.496 e. The molecular formula is C12H18Cl2N2O3. The Hall–Kier alpha value is -1.17. The molecule has 1 aromatic rings. The first kappa shape index (κ1) is 17.8. The van der Waals surface area contributed by atoms with E-state index in [9.17, 15) is 4.79 Å². The van der Waals surface area contributed by atoms with Crippen molar-refractivity contribution in [2.45, 2.75) is 6.42 Å². The third-order valence-electron chi connectivity index (χ3n) is 2.37. The zero-order chi connectivity index (χ0) is 13.5. The summed E-state index contributed by atoms with van der Waals surface area (Å²) >= 11 is 5.89. The molecule has 5 nitrogen and oxygen atoms in total. The van der Waals surface area contributed by atoms with Crippen molar-refractivity contribution in [1.82, 2.24) is 5.32 Å². The SMILES string of the molecule is COCCCNC(=O)c1cc(Cl)c(N)cc1OC.Cl. The van der Waals surface area contributed by atoms with Gasteiger partial charge >= 0.3 is 0 Å². The van der Waals surface area contributed by atoms with Gasteiger partial charge in [-0.25, -0.2) is 0 Å². The van der Waals surface area contributed by atoms with Crippen LogP contribution in [-0.4, -0.2) is 33.3 Å². The average Bonchev–Trinajstić information content (AvgIpc) is 2.37. The molecule has 0 spiro atoms. The Kier molecular flexibility index (Phi) is 8.30. The van der Waals surface area contributed by atoms with Gasteiger partial charge in [-0.15, -0.1) is 12.4 Å². The van der Waals surface area contributed by atoms with Gasteiger partial charge in [0.25, 0.3) is 5.91 Å². The first-order valence-electron chi connectivity index (χ1n) is 5.50. The molecule has 1 rings (SSSR count). The van der Waals surface area contributed by atoms with Crippen molar-refractivity contribution in [3.8, 4) is 5.75 Å². The van der Waals surface area contributed by atoms with Crippen LogP contribution in [0.25, 0.3) is 0 Å². The molecule has 0 radical (unpaired) electrons. The molecule has 0 fully saturated rings. The molecule has 0 aliphatic heterocycles. The maximum absolute atomic E-state index is 11.9. The minimum atomic E-state index is -0.246. The molecular weight excluding hydrogens is 291 g/mol. The van der Waals surface area contributed by atoms with E-state index >= 15 is 0 Å². The zero-order valence-electron chi connectivity index (χ0n) is 10.9. The number of anilines is 1. The van der Waals surface area contributed by atoms with Crippen LogP contribution < -0.4 is 15.8 Å². The Morgan fingerprint density at radius 3 is 2.68 bits per heavy atom. The smallest absolute Gasteiger partial charge is 0.255 e. The Morgan fingerprint density at radius 2 is 2.11 bits per heavy atom. The topological polar surface area (TPSA) is 73.6 Å². The Morgan fingerprint density at radius 1 is 1.42 bits per heavy atom. The second-order valence-electron chi connectivity index (χ2n) is 3.68. The monoisotopic (exact) mass is 308 g/mol. The number of nitrogens with one attached hydrogen (secondary N) is 1. The fourth-order valence-electron chi connectivity index (χ4n) is 1.43. The molecule has 0 heterocycles. The molecule has 0 unspecified atom stereocenters. The fourth-order valence-corrected chi connectivity index (χ4v) is 1.59. The van der Waals surface area contributed by atoms with Gasteiger partial charge in [-0.05, 0) is 12.5 Å². The van der Waals surface area contributed by atoms with Gasteiger partial charge in [0, 0.05) is 26.3 Å². The van der Waals surface area contributed by atoms with Crippen LogP contribution in [0.1, 0.15) is 16.8 Å². The highest BCUT2D eigenvalue weighted by molar-refractivity contribution is 6.33. The van der Waals surface area contributed by atoms with Crippen LogP contribution in [0.15, 0.2) is 12.1 Å². The lowest BCUT2D eigenvalue weighted by Crippen LogP contribution is -2.25. The molecule has 0 saturated heterocycles. The third kappa shape index (κ3) is 5.14. The molecule has 0 saturated carbocycles. The molecule has 0 bridgehead atoms. The van der Waals surface area contributed by atoms with Crippen LogP contribution in [0, 0.1) is 0 Å². The number of amides is 1. The Bertz CT molecular complexity index is 428. The lowest BCUT2D eigenvalue weighted by molar-refractivity contribution is 0.0945. The number of carbonyl (C=O) groups is 1. The van der Waals surface area contributed by atoms with Crippen molar-refractivity contribution in [3.63, 3.8) is 0 Å². The van der Waals surface area contributed by atoms with Crippen LogP contribution in [0.3, 0.4) is 0 Å². The summed E-state index contributed by atoms with van der Waals surface area (Å²) in [5, 5.41) is 3.09. The average molecular weight is 309 g/mol. The number of rotatable bonds is 6. The highest BCUT2D eigenvalue weighted by atomic mass is 35.5. The number of nitrogens with two attached hydrogens (primary N) is 1. The van der Waals surface area contributed by atoms with Crippen LogP contribution in [0.4, 0.5) is 5.69 Å². The first-order valence-corrected chi connectivity index (χ1v) is 5.88. The van der Waals surface area contributed by atoms with E-state index in [1.165, 1.54) is 19.2 Å². The van der Waals surface area contributed by atoms with E-state index in [0.717, 1.165) is 6.42 Å². The number of ether oxygens (including phenoxy) is 2. The number of hydrogen-bond donors (Lipinski definition) is 2. The van der Waals surface area contributed by atoms with E-state index < -0.39 is 0 Å². The van der Waals surface area contributed by atoms with Crippen molar-refractivity contribution in [2.24, 2.45) is 0 Å². The second kappa shape index (κ2) is 8.85. The zero-order valence-corrected chi connectivity index (χ0v) is 12.4. The van der Waals surface area contributed by atoms with Crippen molar-refractivity contribution < 1.29 is 14.3 Å². The van der Waals surface area contributed by atoms with Gasteiger partial charge < -0.3 is 20.5 Å². The number of nitrogen functional groups attached to an aromatic ring is 1. The van der Waals surface area contributed by atoms with Gasteiger partial charge in [0.2, 0.25) is 0 Å². The van der Waals surface area contributed by atoms with Crippen LogP contribution in [0.5, 0.6) is 5.75 Å². The summed E-state index contributed by atoms with van der Waals surface area (Å²) in [5.74, 6) is 0.158. The van der Waals surface area contributed by atoms with E-state index in [-0.39, 0.29) is 18.3 Å². The first-order chi connectivity index (χ1) is 8.60. The highest BCUT2D eigenvalue weighted by Gasteiger charge is 2.14. The van der Waals surface area contributed by atoms with Gasteiger partial charge in [-0.1, -0.05) is 11.6 Å². The summed E-state index contributed by atoms with van der Waals surface area (Å²) in [6, 6.07) is 3.04. The summed E-state index contributed by atoms with van der Waals surface area (Å²) < 4.78 is 10.0. The molecule has 0 aromatic heterocycles. The van der Waals surface area contributed by atoms with Gasteiger partial charge in [0.05, 0.1) is 23.4 Å². The number of halogens is 2. The van der Waals surface area contributed by atoms with Crippen LogP contribution >= 0.6 is 24.0 Å². The van der Waals surface area contributed by atoms with Crippen LogP contribution in [-0.2, 0) is 4.74 Å². The number of methoxy groups -OCH3 is 2. The summed E-state index contributed by atoms with van der Waals surface area (Å²) in [7, 11) is 3.09. The lowest BCUT2D eigenvalue weighted by Gasteiger charge is -2.11. The van der Waals surface area contributed by atoms with E-state index in [2.05, 4.69) is 5.32 Å². The minimum absolute atomic E-state index is 0. The van der Waals surface area contributed by atoms with Gasteiger partial charge in [0.1, 0.15) is 5.75 Å². The molecule has 3 N–H and O–H groups in total. The molecule has 1 aromatic carbocycles. The second-order valence-corrected chi connectivity index (χ2v) is 4.08. The fraction of sp³-hybridized carbons (Fsp3) is 0.417. The van der Waals surface area contributed by atoms with E-state index in [0.29, 0.717) is 35.2 Å². The van der Waals surface area contributed by atoms with E-state index in [1.54, 1.807) is 7.11 Å². The normalized spacial score (nSPS) is 9.63. The molecule has 19 heavy (non-hydrogen) atoms. The van der Waals surface area contributed by atoms with Crippen molar-refractivity contribution >= 4 is 35.6 Å².